The van der Waals surface area contributed by atoms with Gasteiger partial charge in [0.1, 0.15) is 0 Å². The second-order valence-electron chi connectivity index (χ2n) is 7.54. The second kappa shape index (κ2) is 5.95. The van der Waals surface area contributed by atoms with Crippen LogP contribution >= 0.6 is 11.8 Å². The molecule has 0 aromatic heterocycles. The van der Waals surface area contributed by atoms with Crippen LogP contribution in [0.2, 0.25) is 0 Å². The minimum Gasteiger partial charge on any atom is -0.312 e. The average Bonchev–Trinajstić information content (AvgIpc) is 2.91. The van der Waals surface area contributed by atoms with Crippen molar-refractivity contribution in [3.8, 4) is 0 Å². The Morgan fingerprint density at radius 1 is 1.16 bits per heavy atom. The Morgan fingerprint density at radius 3 is 2.79 bits per heavy atom. The Bertz CT molecular complexity index is 299. The van der Waals surface area contributed by atoms with Crippen molar-refractivity contribution >= 4 is 11.8 Å². The summed E-state index contributed by atoms with van der Waals surface area (Å²) in [7, 11) is 0. The first-order valence-electron chi connectivity index (χ1n) is 8.23. The van der Waals surface area contributed by atoms with Crippen LogP contribution in [0.15, 0.2) is 0 Å². The first-order valence-corrected chi connectivity index (χ1v) is 9.38. The van der Waals surface area contributed by atoms with Crippen molar-refractivity contribution in [2.75, 3.05) is 24.6 Å². The molecule has 3 heterocycles. The zero-order chi connectivity index (χ0) is 13.3. The predicted molar refractivity (Wildman–Crippen MR) is 84.9 cm³/mol. The van der Waals surface area contributed by atoms with E-state index in [1.165, 1.54) is 63.1 Å². The summed E-state index contributed by atoms with van der Waals surface area (Å²) < 4.78 is 0. The summed E-state index contributed by atoms with van der Waals surface area (Å²) in [5.41, 5.74) is 0.540. The molecule has 2 nitrogen and oxygen atoms in total. The molecule has 3 saturated heterocycles. The third kappa shape index (κ3) is 3.30. The van der Waals surface area contributed by atoms with Crippen LogP contribution in [-0.4, -0.2) is 47.6 Å². The normalized spacial score (nSPS) is 40.4. The number of nitrogens with one attached hydrogen (secondary N) is 1. The summed E-state index contributed by atoms with van der Waals surface area (Å²) in [6.07, 6.45) is 8.50. The van der Waals surface area contributed by atoms with Crippen LogP contribution in [-0.2, 0) is 0 Å². The zero-order valence-corrected chi connectivity index (χ0v) is 13.5. The third-order valence-corrected chi connectivity index (χ3v) is 6.82. The number of likely N-dealkylation sites (tertiary alicyclic amines) is 1. The molecule has 1 N–H and O–H groups in total. The largest absolute Gasteiger partial charge is 0.312 e. The fourth-order valence-corrected chi connectivity index (χ4v) is 5.71. The molecule has 3 rings (SSSR count). The van der Waals surface area contributed by atoms with Gasteiger partial charge in [0, 0.05) is 23.9 Å². The smallest absolute Gasteiger partial charge is 0.0252 e. The molecule has 3 atom stereocenters. The molecule has 3 aliphatic rings. The molecule has 0 aromatic rings. The highest BCUT2D eigenvalue weighted by atomic mass is 32.2. The third-order valence-electron chi connectivity index (χ3n) is 5.22. The van der Waals surface area contributed by atoms with E-state index in [2.05, 4.69) is 35.8 Å². The molecule has 0 saturated carbocycles. The minimum atomic E-state index is 0.540. The average molecular weight is 282 g/mol. The molecule has 3 heteroatoms. The van der Waals surface area contributed by atoms with Gasteiger partial charge in [-0.1, -0.05) is 20.3 Å². The molecule has 19 heavy (non-hydrogen) atoms. The van der Waals surface area contributed by atoms with E-state index >= 15 is 0 Å². The predicted octanol–water partition coefficient (Wildman–Crippen LogP) is 3.12. The molecule has 0 amide bonds. The maximum absolute atomic E-state index is 3.77. The van der Waals surface area contributed by atoms with E-state index in [0.29, 0.717) is 5.41 Å². The second-order valence-corrected chi connectivity index (χ2v) is 8.57. The fraction of sp³-hybridized carbons (Fsp3) is 1.00. The topological polar surface area (TPSA) is 15.3 Å². The van der Waals surface area contributed by atoms with Crippen molar-refractivity contribution in [3.05, 3.63) is 0 Å². The highest BCUT2D eigenvalue weighted by molar-refractivity contribution is 7.99. The number of rotatable bonds is 2. The van der Waals surface area contributed by atoms with Crippen LogP contribution in [0, 0.1) is 5.41 Å². The molecule has 0 radical (unpaired) electrons. The molecule has 3 unspecified atom stereocenters. The summed E-state index contributed by atoms with van der Waals surface area (Å²) >= 11 is 2.19. The first-order chi connectivity index (χ1) is 9.16. The van der Waals surface area contributed by atoms with Gasteiger partial charge < -0.3 is 5.32 Å². The Balaban J connectivity index is 1.69. The number of piperidine rings is 1. The zero-order valence-electron chi connectivity index (χ0n) is 12.7. The Hall–Kier alpha value is 0.270. The molecular formula is C16H30N2S. The number of hydrogen-bond acceptors (Lipinski definition) is 3. The molecule has 3 fully saturated rings. The van der Waals surface area contributed by atoms with Crippen LogP contribution in [0.5, 0.6) is 0 Å². The maximum atomic E-state index is 3.77. The fourth-order valence-electron chi connectivity index (χ4n) is 4.35. The lowest BCUT2D eigenvalue weighted by atomic mass is 9.84. The molecule has 0 bridgehead atoms. The first kappa shape index (κ1) is 14.2. The molecule has 0 spiro atoms. The van der Waals surface area contributed by atoms with Crippen LogP contribution in [0.4, 0.5) is 0 Å². The van der Waals surface area contributed by atoms with Crippen molar-refractivity contribution in [1.29, 1.82) is 0 Å². The van der Waals surface area contributed by atoms with Gasteiger partial charge in [-0.3, -0.25) is 4.90 Å². The summed E-state index contributed by atoms with van der Waals surface area (Å²) in [6.45, 7) is 7.52. The van der Waals surface area contributed by atoms with E-state index in [1.54, 1.807) is 0 Å². The molecule has 0 aromatic carbocycles. The van der Waals surface area contributed by atoms with Gasteiger partial charge in [0.15, 0.2) is 0 Å². The van der Waals surface area contributed by atoms with E-state index in [1.807, 2.05) is 0 Å². The Labute approximate surface area is 123 Å². The van der Waals surface area contributed by atoms with E-state index in [-0.39, 0.29) is 0 Å². The van der Waals surface area contributed by atoms with Gasteiger partial charge in [-0.05, 0) is 56.4 Å². The minimum absolute atomic E-state index is 0.540. The Morgan fingerprint density at radius 2 is 2.05 bits per heavy atom. The monoisotopic (exact) mass is 282 g/mol. The van der Waals surface area contributed by atoms with Gasteiger partial charge in [-0.15, -0.1) is 0 Å². The summed E-state index contributed by atoms with van der Waals surface area (Å²) in [4.78, 5) is 2.90. The van der Waals surface area contributed by atoms with Crippen LogP contribution in [0.1, 0.15) is 52.4 Å². The van der Waals surface area contributed by atoms with Crippen LogP contribution < -0.4 is 5.32 Å². The highest BCUT2D eigenvalue weighted by Crippen LogP contribution is 2.38. The molecular weight excluding hydrogens is 252 g/mol. The van der Waals surface area contributed by atoms with Crippen LogP contribution in [0.3, 0.4) is 0 Å². The standard InChI is InChI=1S/C16H30N2S/c1-16(2)10-13(11-19-12-16)18-9-4-3-7-15(18)14-6-5-8-17-14/h13-15,17H,3-12H2,1-2H3. The lowest BCUT2D eigenvalue weighted by Gasteiger charge is -2.48. The Kier molecular flexibility index (Phi) is 4.45. The summed E-state index contributed by atoms with van der Waals surface area (Å²) in [5.74, 6) is 2.72. The van der Waals surface area contributed by atoms with Gasteiger partial charge in [-0.2, -0.15) is 11.8 Å². The van der Waals surface area contributed by atoms with Gasteiger partial charge in [0.2, 0.25) is 0 Å². The van der Waals surface area contributed by atoms with Gasteiger partial charge in [0.05, 0.1) is 0 Å². The van der Waals surface area contributed by atoms with Crippen molar-refractivity contribution in [2.45, 2.75) is 70.5 Å². The summed E-state index contributed by atoms with van der Waals surface area (Å²) in [6, 6.07) is 2.45. The van der Waals surface area contributed by atoms with E-state index in [4.69, 9.17) is 0 Å². The van der Waals surface area contributed by atoms with E-state index in [0.717, 1.165) is 18.1 Å². The number of thioether (sulfide) groups is 1. The lowest BCUT2D eigenvalue weighted by molar-refractivity contribution is 0.0609. The van der Waals surface area contributed by atoms with Crippen molar-refractivity contribution in [3.63, 3.8) is 0 Å². The van der Waals surface area contributed by atoms with Gasteiger partial charge in [0.25, 0.3) is 0 Å². The van der Waals surface area contributed by atoms with Crippen LogP contribution in [0.25, 0.3) is 0 Å². The maximum Gasteiger partial charge on any atom is 0.0252 e. The number of nitrogens with zero attached hydrogens (tertiary/aromatic N) is 1. The molecule has 0 aliphatic carbocycles. The van der Waals surface area contributed by atoms with Crippen molar-refractivity contribution in [1.82, 2.24) is 10.2 Å². The van der Waals surface area contributed by atoms with Crippen molar-refractivity contribution < 1.29 is 0 Å². The summed E-state index contributed by atoms with van der Waals surface area (Å²) in [5, 5.41) is 3.77. The molecule has 110 valence electrons. The van der Waals surface area contributed by atoms with E-state index in [9.17, 15) is 0 Å². The number of hydrogen-bond donors (Lipinski definition) is 1. The molecule has 3 aliphatic heterocycles. The quantitative estimate of drug-likeness (QED) is 0.838. The SMILES string of the molecule is CC1(C)CSCC(N2CCCCC2C2CCCN2)C1. The lowest BCUT2D eigenvalue weighted by Crippen LogP contribution is -2.56. The highest BCUT2D eigenvalue weighted by Gasteiger charge is 2.38. The van der Waals surface area contributed by atoms with Gasteiger partial charge in [-0.25, -0.2) is 0 Å². The van der Waals surface area contributed by atoms with Crippen molar-refractivity contribution in [2.24, 2.45) is 5.41 Å². The van der Waals surface area contributed by atoms with Gasteiger partial charge >= 0.3 is 0 Å². The van der Waals surface area contributed by atoms with E-state index < -0.39 is 0 Å².